The molecule has 1 aliphatic carbocycles. The van der Waals surface area contributed by atoms with Gasteiger partial charge in [0, 0.05) is 18.7 Å². The maximum Gasteiger partial charge on any atom is 0.335 e. The molecule has 0 atom stereocenters. The lowest BCUT2D eigenvalue weighted by atomic mass is 10.1. The topological polar surface area (TPSA) is 83.7 Å². The average molecular weight is 292 g/mol. The van der Waals surface area contributed by atoms with Crippen molar-refractivity contribution in [1.82, 2.24) is 0 Å². The number of carboxylic acids is 1. The number of benzene rings is 1. The van der Waals surface area contributed by atoms with Crippen LogP contribution in [0, 0.1) is 16.0 Å². The Balaban J connectivity index is 2.34. The number of anilines is 1. The van der Waals surface area contributed by atoms with E-state index in [1.807, 2.05) is 0 Å². The highest BCUT2D eigenvalue weighted by molar-refractivity contribution is 5.90. The van der Waals surface area contributed by atoms with E-state index >= 15 is 0 Å². The van der Waals surface area contributed by atoms with Gasteiger partial charge in [-0.1, -0.05) is 13.8 Å². The van der Waals surface area contributed by atoms with Gasteiger partial charge in [-0.05, 0) is 37.3 Å². The molecule has 0 bridgehead atoms. The van der Waals surface area contributed by atoms with E-state index in [9.17, 15) is 14.9 Å². The number of carbonyl (C=O) groups is 1. The second-order valence-electron chi connectivity index (χ2n) is 5.87. The van der Waals surface area contributed by atoms with Crippen molar-refractivity contribution in [2.75, 3.05) is 11.4 Å². The second kappa shape index (κ2) is 6.11. The Labute approximate surface area is 123 Å². The van der Waals surface area contributed by atoms with Gasteiger partial charge in [0.05, 0.1) is 10.5 Å². The summed E-state index contributed by atoms with van der Waals surface area (Å²) < 4.78 is 0. The molecule has 2 rings (SSSR count). The van der Waals surface area contributed by atoms with Crippen LogP contribution in [0.25, 0.3) is 0 Å². The molecule has 1 saturated carbocycles. The first-order chi connectivity index (χ1) is 9.90. The normalized spacial score (nSPS) is 14.2. The molecule has 1 fully saturated rings. The highest BCUT2D eigenvalue weighted by Crippen LogP contribution is 2.37. The van der Waals surface area contributed by atoms with E-state index in [0.717, 1.165) is 31.9 Å². The zero-order valence-electron chi connectivity index (χ0n) is 12.3. The van der Waals surface area contributed by atoms with Crippen molar-refractivity contribution in [3.8, 4) is 0 Å². The Hall–Kier alpha value is -2.11. The van der Waals surface area contributed by atoms with Crippen LogP contribution in [0.2, 0.25) is 0 Å². The van der Waals surface area contributed by atoms with Crippen LogP contribution >= 0.6 is 0 Å². The number of hydrogen-bond acceptors (Lipinski definition) is 4. The third-order valence-corrected chi connectivity index (χ3v) is 3.66. The maximum atomic E-state index is 11.3. The average Bonchev–Trinajstić information content (AvgIpc) is 3.23. The van der Waals surface area contributed by atoms with Crippen molar-refractivity contribution >= 4 is 17.3 Å². The molecule has 0 saturated heterocycles. The lowest BCUT2D eigenvalue weighted by Gasteiger charge is -2.25. The zero-order chi connectivity index (χ0) is 15.6. The van der Waals surface area contributed by atoms with E-state index in [1.54, 1.807) is 6.07 Å². The lowest BCUT2D eigenvalue weighted by Crippen LogP contribution is -2.28. The molecule has 1 N–H and O–H groups in total. The molecule has 6 heteroatoms. The lowest BCUT2D eigenvalue weighted by molar-refractivity contribution is -0.384. The van der Waals surface area contributed by atoms with Gasteiger partial charge in [0.25, 0.3) is 5.69 Å². The fraction of sp³-hybridized carbons (Fsp3) is 0.533. The van der Waals surface area contributed by atoms with Gasteiger partial charge in [0.15, 0.2) is 0 Å². The first-order valence-corrected chi connectivity index (χ1v) is 7.18. The number of rotatable bonds is 7. The summed E-state index contributed by atoms with van der Waals surface area (Å²) in [7, 11) is 0. The van der Waals surface area contributed by atoms with Crippen LogP contribution in [0.3, 0.4) is 0 Å². The largest absolute Gasteiger partial charge is 0.478 e. The Bertz CT molecular complexity index is 553. The highest BCUT2D eigenvalue weighted by atomic mass is 16.6. The minimum atomic E-state index is -1.15. The standard InChI is InChI=1S/C15H20N2O4/c1-10(2)7-8-16(12-4-5-12)13-6-3-11(15(18)19)9-14(13)17(20)21/h3,6,9-10,12H,4-5,7-8H2,1-2H3,(H,18,19). The Kier molecular flexibility index (Phi) is 4.45. The fourth-order valence-electron chi connectivity index (χ4n) is 2.33. The quantitative estimate of drug-likeness (QED) is 0.615. The van der Waals surface area contributed by atoms with Crippen LogP contribution in [-0.4, -0.2) is 28.6 Å². The molecule has 6 nitrogen and oxygen atoms in total. The van der Waals surface area contributed by atoms with E-state index in [-0.39, 0.29) is 11.3 Å². The van der Waals surface area contributed by atoms with E-state index in [4.69, 9.17) is 5.11 Å². The minimum absolute atomic E-state index is 0.0509. The number of carboxylic acid groups (broad SMARTS) is 1. The highest BCUT2D eigenvalue weighted by Gasteiger charge is 2.33. The van der Waals surface area contributed by atoms with E-state index < -0.39 is 10.9 Å². The Morgan fingerprint density at radius 2 is 2.14 bits per heavy atom. The van der Waals surface area contributed by atoms with Crippen LogP contribution in [0.4, 0.5) is 11.4 Å². The molecular weight excluding hydrogens is 272 g/mol. The van der Waals surface area contributed by atoms with Crippen molar-refractivity contribution in [3.05, 3.63) is 33.9 Å². The molecule has 1 aliphatic rings. The van der Waals surface area contributed by atoms with Gasteiger partial charge in [-0.15, -0.1) is 0 Å². The second-order valence-corrected chi connectivity index (χ2v) is 5.87. The van der Waals surface area contributed by atoms with Crippen molar-refractivity contribution in [2.45, 2.75) is 39.2 Å². The molecule has 0 amide bonds. The molecule has 0 unspecified atom stereocenters. The maximum absolute atomic E-state index is 11.3. The predicted octanol–water partition coefficient (Wildman–Crippen LogP) is 3.31. The molecule has 114 valence electrons. The minimum Gasteiger partial charge on any atom is -0.478 e. The van der Waals surface area contributed by atoms with Crippen molar-refractivity contribution in [3.63, 3.8) is 0 Å². The van der Waals surface area contributed by atoms with Gasteiger partial charge in [-0.25, -0.2) is 4.79 Å². The van der Waals surface area contributed by atoms with Crippen LogP contribution in [0.15, 0.2) is 18.2 Å². The molecular formula is C15H20N2O4. The number of nitrogens with zero attached hydrogens (tertiary/aromatic N) is 2. The molecule has 0 spiro atoms. The molecule has 0 aromatic heterocycles. The summed E-state index contributed by atoms with van der Waals surface area (Å²) in [5, 5.41) is 20.3. The molecule has 0 aliphatic heterocycles. The van der Waals surface area contributed by atoms with Crippen molar-refractivity contribution in [1.29, 1.82) is 0 Å². The monoisotopic (exact) mass is 292 g/mol. The first kappa shape index (κ1) is 15.3. The smallest absolute Gasteiger partial charge is 0.335 e. The number of nitro benzene ring substituents is 1. The van der Waals surface area contributed by atoms with Gasteiger partial charge in [0.1, 0.15) is 5.69 Å². The summed E-state index contributed by atoms with van der Waals surface area (Å²) >= 11 is 0. The van der Waals surface area contributed by atoms with Crippen LogP contribution in [0.1, 0.15) is 43.5 Å². The number of nitro groups is 1. The summed E-state index contributed by atoms with van der Waals surface area (Å²) in [5.74, 6) is -0.631. The van der Waals surface area contributed by atoms with Gasteiger partial charge >= 0.3 is 5.97 Å². The fourth-order valence-corrected chi connectivity index (χ4v) is 2.33. The van der Waals surface area contributed by atoms with Gasteiger partial charge < -0.3 is 10.0 Å². The van der Waals surface area contributed by atoms with E-state index in [1.165, 1.54) is 6.07 Å². The SMILES string of the molecule is CC(C)CCN(c1ccc(C(=O)O)cc1[N+](=O)[O-])C1CC1. The zero-order valence-corrected chi connectivity index (χ0v) is 12.3. The first-order valence-electron chi connectivity index (χ1n) is 7.18. The summed E-state index contributed by atoms with van der Waals surface area (Å²) in [6.07, 6.45) is 3.03. The van der Waals surface area contributed by atoms with E-state index in [0.29, 0.717) is 17.6 Å². The van der Waals surface area contributed by atoms with Gasteiger partial charge in [-0.3, -0.25) is 10.1 Å². The van der Waals surface area contributed by atoms with Crippen LogP contribution < -0.4 is 4.90 Å². The summed E-state index contributed by atoms with van der Waals surface area (Å²) in [6.45, 7) is 5.00. The molecule has 21 heavy (non-hydrogen) atoms. The van der Waals surface area contributed by atoms with Crippen molar-refractivity contribution in [2.24, 2.45) is 5.92 Å². The van der Waals surface area contributed by atoms with Crippen LogP contribution in [-0.2, 0) is 0 Å². The van der Waals surface area contributed by atoms with Gasteiger partial charge in [-0.2, -0.15) is 0 Å². The molecule has 1 aromatic carbocycles. The molecule has 1 aromatic rings. The van der Waals surface area contributed by atoms with Crippen molar-refractivity contribution < 1.29 is 14.8 Å². The Morgan fingerprint density at radius 3 is 2.62 bits per heavy atom. The van der Waals surface area contributed by atoms with Crippen LogP contribution in [0.5, 0.6) is 0 Å². The Morgan fingerprint density at radius 1 is 1.48 bits per heavy atom. The molecule has 0 heterocycles. The predicted molar refractivity (Wildman–Crippen MR) is 79.9 cm³/mol. The summed E-state index contributed by atoms with van der Waals surface area (Å²) in [4.78, 5) is 23.8. The summed E-state index contributed by atoms with van der Waals surface area (Å²) in [5.41, 5.74) is 0.365. The third-order valence-electron chi connectivity index (χ3n) is 3.66. The van der Waals surface area contributed by atoms with E-state index in [2.05, 4.69) is 18.7 Å². The summed E-state index contributed by atoms with van der Waals surface area (Å²) in [6, 6.07) is 4.51. The third kappa shape index (κ3) is 3.71. The number of hydrogen-bond donors (Lipinski definition) is 1. The number of aromatic carboxylic acids is 1. The van der Waals surface area contributed by atoms with Gasteiger partial charge in [0.2, 0.25) is 0 Å². The molecule has 0 radical (unpaired) electrons.